The number of benzene rings is 1. The van der Waals surface area contributed by atoms with E-state index >= 15 is 0 Å². The molecule has 0 spiro atoms. The summed E-state index contributed by atoms with van der Waals surface area (Å²) < 4.78 is 5.63. The first-order valence-corrected chi connectivity index (χ1v) is 5.55. The maximum Gasteiger partial charge on any atom is 0.180 e. The van der Waals surface area contributed by atoms with Crippen molar-refractivity contribution in [1.82, 2.24) is 4.98 Å². The molecular weight excluding hydrogens is 208 g/mol. The zero-order valence-corrected chi connectivity index (χ0v) is 9.10. The lowest BCUT2D eigenvalue weighted by Gasteiger charge is -2.16. The summed E-state index contributed by atoms with van der Waals surface area (Å²) in [7, 11) is 0. The van der Waals surface area contributed by atoms with Gasteiger partial charge in [-0.25, -0.2) is 4.98 Å². The Labute approximate surface area is 91.5 Å². The number of anilines is 1. The highest BCUT2D eigenvalue weighted by atomic mass is 32.1. The Kier molecular flexibility index (Phi) is 1.73. The summed E-state index contributed by atoms with van der Waals surface area (Å²) in [5.74, 6) is 0.901. The highest BCUT2D eigenvalue weighted by Crippen LogP contribution is 2.40. The zero-order chi connectivity index (χ0) is 10.4. The quantitative estimate of drug-likeness (QED) is 0.739. The van der Waals surface area contributed by atoms with E-state index < -0.39 is 0 Å². The first-order chi connectivity index (χ1) is 7.24. The van der Waals surface area contributed by atoms with Crippen molar-refractivity contribution in [3.8, 4) is 17.0 Å². The molecule has 3 rings (SSSR count). The van der Waals surface area contributed by atoms with Crippen LogP contribution < -0.4 is 10.5 Å². The number of nitrogens with two attached hydrogens (primary N) is 1. The molecule has 15 heavy (non-hydrogen) atoms. The highest BCUT2D eigenvalue weighted by molar-refractivity contribution is 7.15. The van der Waals surface area contributed by atoms with E-state index in [1.54, 1.807) is 0 Å². The van der Waals surface area contributed by atoms with E-state index in [-0.39, 0.29) is 0 Å². The largest absolute Gasteiger partial charge is 0.487 e. The first kappa shape index (κ1) is 8.73. The number of rotatable bonds is 0. The van der Waals surface area contributed by atoms with E-state index in [4.69, 9.17) is 10.5 Å². The third kappa shape index (κ3) is 1.29. The number of ether oxygens (including phenoxy) is 1. The Morgan fingerprint density at radius 1 is 1.47 bits per heavy atom. The van der Waals surface area contributed by atoms with Crippen LogP contribution in [0.3, 0.4) is 0 Å². The summed E-state index contributed by atoms with van der Waals surface area (Å²) in [5.41, 5.74) is 8.96. The van der Waals surface area contributed by atoms with Gasteiger partial charge in [0.2, 0.25) is 0 Å². The lowest BCUT2D eigenvalue weighted by atomic mass is 10.1. The van der Waals surface area contributed by atoms with Crippen LogP contribution in [0.1, 0.15) is 10.4 Å². The van der Waals surface area contributed by atoms with Crippen LogP contribution in [0.15, 0.2) is 18.2 Å². The molecular formula is C11H10N2OS. The molecule has 76 valence electrons. The molecule has 2 heterocycles. The molecule has 1 aliphatic rings. The van der Waals surface area contributed by atoms with E-state index in [0.717, 1.165) is 21.9 Å². The third-order valence-corrected chi connectivity index (χ3v) is 3.32. The number of fused-ring (bicyclic) bond motifs is 3. The number of aromatic nitrogens is 1. The van der Waals surface area contributed by atoms with E-state index in [9.17, 15) is 0 Å². The normalized spacial score (nSPS) is 12.9. The maximum atomic E-state index is 5.71. The van der Waals surface area contributed by atoms with Gasteiger partial charge in [-0.05, 0) is 19.1 Å². The van der Waals surface area contributed by atoms with Crippen LogP contribution in [0.25, 0.3) is 11.3 Å². The number of thiazole rings is 1. The molecule has 0 atom stereocenters. The molecule has 0 unspecified atom stereocenters. The summed E-state index contributed by atoms with van der Waals surface area (Å²) in [6.07, 6.45) is 0. The Morgan fingerprint density at radius 3 is 3.20 bits per heavy atom. The van der Waals surface area contributed by atoms with Crippen molar-refractivity contribution in [3.05, 3.63) is 28.6 Å². The van der Waals surface area contributed by atoms with Crippen LogP contribution >= 0.6 is 11.3 Å². The maximum absolute atomic E-state index is 5.71. The number of hydrogen-bond donors (Lipinski definition) is 1. The molecule has 1 aliphatic heterocycles. The Bertz CT molecular complexity index is 533. The van der Waals surface area contributed by atoms with Crippen molar-refractivity contribution in [1.29, 1.82) is 0 Å². The summed E-state index contributed by atoms with van der Waals surface area (Å²) >= 11 is 1.50. The predicted octanol–water partition coefficient (Wildman–Crippen LogP) is 2.59. The Morgan fingerprint density at radius 2 is 2.33 bits per heavy atom. The van der Waals surface area contributed by atoms with Crippen molar-refractivity contribution in [2.75, 3.05) is 5.73 Å². The van der Waals surface area contributed by atoms with Gasteiger partial charge in [0.05, 0.1) is 10.6 Å². The molecule has 0 saturated heterocycles. The van der Waals surface area contributed by atoms with Gasteiger partial charge in [0, 0.05) is 5.56 Å². The van der Waals surface area contributed by atoms with Crippen molar-refractivity contribution in [3.63, 3.8) is 0 Å². The van der Waals surface area contributed by atoms with Crippen LogP contribution in [0, 0.1) is 6.92 Å². The Hall–Kier alpha value is -1.55. The molecule has 0 aliphatic carbocycles. The molecule has 1 aromatic heterocycles. The van der Waals surface area contributed by atoms with Crippen LogP contribution in [-0.2, 0) is 6.61 Å². The monoisotopic (exact) mass is 218 g/mol. The minimum Gasteiger partial charge on any atom is -0.487 e. The van der Waals surface area contributed by atoms with Gasteiger partial charge < -0.3 is 10.5 Å². The van der Waals surface area contributed by atoms with Crippen LogP contribution in [0.5, 0.6) is 5.75 Å². The topological polar surface area (TPSA) is 48.1 Å². The standard InChI is InChI=1S/C11H10N2OS/c1-6-2-3-8-7(4-6)10-9(5-14-8)15-11(12)13-10/h2-4H,5H2,1H3,(H2,12,13). The van der Waals surface area contributed by atoms with Crippen molar-refractivity contribution >= 4 is 16.5 Å². The average Bonchev–Trinajstić information content (AvgIpc) is 2.58. The van der Waals surface area contributed by atoms with Gasteiger partial charge in [-0.2, -0.15) is 0 Å². The van der Waals surface area contributed by atoms with Gasteiger partial charge in [-0.15, -0.1) is 0 Å². The highest BCUT2D eigenvalue weighted by Gasteiger charge is 2.21. The van der Waals surface area contributed by atoms with Crippen molar-refractivity contribution < 1.29 is 4.74 Å². The number of aryl methyl sites for hydroxylation is 1. The smallest absolute Gasteiger partial charge is 0.180 e. The van der Waals surface area contributed by atoms with Gasteiger partial charge in [-0.1, -0.05) is 23.0 Å². The second-order valence-corrected chi connectivity index (χ2v) is 4.73. The van der Waals surface area contributed by atoms with Crippen LogP contribution in [0.4, 0.5) is 5.13 Å². The van der Waals surface area contributed by atoms with Gasteiger partial charge in [0.25, 0.3) is 0 Å². The first-order valence-electron chi connectivity index (χ1n) is 4.73. The summed E-state index contributed by atoms with van der Waals surface area (Å²) in [5, 5.41) is 0.609. The molecule has 0 saturated carbocycles. The van der Waals surface area contributed by atoms with Gasteiger partial charge >= 0.3 is 0 Å². The van der Waals surface area contributed by atoms with E-state index in [1.165, 1.54) is 16.9 Å². The number of nitrogens with zero attached hydrogens (tertiary/aromatic N) is 1. The second-order valence-electron chi connectivity index (χ2n) is 3.61. The fourth-order valence-electron chi connectivity index (χ4n) is 1.78. The van der Waals surface area contributed by atoms with E-state index in [2.05, 4.69) is 18.0 Å². The fourth-order valence-corrected chi connectivity index (χ4v) is 2.54. The summed E-state index contributed by atoms with van der Waals surface area (Å²) in [6, 6.07) is 6.12. The molecule has 3 nitrogen and oxygen atoms in total. The summed E-state index contributed by atoms with van der Waals surface area (Å²) in [4.78, 5) is 5.47. The van der Waals surface area contributed by atoms with E-state index in [0.29, 0.717) is 11.7 Å². The Balaban J connectivity index is 2.27. The molecule has 0 radical (unpaired) electrons. The van der Waals surface area contributed by atoms with Gasteiger partial charge in [0.1, 0.15) is 12.4 Å². The predicted molar refractivity (Wildman–Crippen MR) is 61.0 cm³/mol. The molecule has 1 aromatic carbocycles. The SMILES string of the molecule is Cc1ccc2c(c1)-c1nc(N)sc1CO2. The average molecular weight is 218 g/mol. The van der Waals surface area contributed by atoms with Crippen LogP contribution in [0.2, 0.25) is 0 Å². The molecule has 0 bridgehead atoms. The molecule has 0 amide bonds. The fraction of sp³-hybridized carbons (Fsp3) is 0.182. The second kappa shape index (κ2) is 2.97. The molecule has 2 aromatic rings. The molecule has 0 fully saturated rings. The van der Waals surface area contributed by atoms with Crippen LogP contribution in [-0.4, -0.2) is 4.98 Å². The minimum absolute atomic E-state index is 0.584. The van der Waals surface area contributed by atoms with Gasteiger partial charge in [-0.3, -0.25) is 0 Å². The lowest BCUT2D eigenvalue weighted by molar-refractivity contribution is 0.305. The summed E-state index contributed by atoms with van der Waals surface area (Å²) in [6.45, 7) is 2.64. The minimum atomic E-state index is 0.584. The number of hydrogen-bond acceptors (Lipinski definition) is 4. The van der Waals surface area contributed by atoms with Crippen molar-refractivity contribution in [2.45, 2.75) is 13.5 Å². The zero-order valence-electron chi connectivity index (χ0n) is 8.28. The number of nitrogen functional groups attached to an aromatic ring is 1. The molecule has 4 heteroatoms. The van der Waals surface area contributed by atoms with E-state index in [1.807, 2.05) is 12.1 Å². The lowest BCUT2D eigenvalue weighted by Crippen LogP contribution is -2.03. The molecule has 2 N–H and O–H groups in total. The van der Waals surface area contributed by atoms with Crippen molar-refractivity contribution in [2.24, 2.45) is 0 Å². The van der Waals surface area contributed by atoms with Gasteiger partial charge in [0.15, 0.2) is 5.13 Å². The third-order valence-electron chi connectivity index (χ3n) is 2.46.